The van der Waals surface area contributed by atoms with Crippen molar-refractivity contribution in [3.63, 3.8) is 0 Å². The fourth-order valence-electron chi connectivity index (χ4n) is 5.98. The summed E-state index contributed by atoms with van der Waals surface area (Å²) in [5, 5.41) is 2.25. The first-order chi connectivity index (χ1) is 14.3. The molecule has 4 aliphatic rings. The van der Waals surface area contributed by atoms with E-state index in [2.05, 4.69) is 65.7 Å². The lowest BCUT2D eigenvalue weighted by atomic mass is 9.82. The Morgan fingerprint density at radius 3 is 2.03 bits per heavy atom. The van der Waals surface area contributed by atoms with Gasteiger partial charge < -0.3 is 9.47 Å². The van der Waals surface area contributed by atoms with Crippen molar-refractivity contribution in [1.82, 2.24) is 5.06 Å². The first-order valence-corrected chi connectivity index (χ1v) is 11.1. The van der Waals surface area contributed by atoms with Crippen molar-refractivity contribution in [2.24, 2.45) is 5.92 Å². The predicted molar refractivity (Wildman–Crippen MR) is 110 cm³/mol. The average Bonchev–Trinajstić information content (AvgIpc) is 3.31. The second-order valence-electron chi connectivity index (χ2n) is 9.26. The number of nitrogens with zero attached hydrogens (tertiary/aromatic N) is 1. The van der Waals surface area contributed by atoms with E-state index in [-0.39, 0.29) is 23.5 Å². The van der Waals surface area contributed by atoms with E-state index in [1.807, 2.05) is 0 Å². The summed E-state index contributed by atoms with van der Waals surface area (Å²) < 4.78 is 13.0. The fraction of sp³-hybridized carbons (Fsp3) is 0.520. The number of fused-ring (bicyclic) bond motifs is 3. The van der Waals surface area contributed by atoms with E-state index < -0.39 is 0 Å². The van der Waals surface area contributed by atoms with Crippen LogP contribution in [0.3, 0.4) is 0 Å². The first-order valence-electron chi connectivity index (χ1n) is 11.1. The normalized spacial score (nSPS) is 34.6. The lowest BCUT2D eigenvalue weighted by Crippen LogP contribution is -2.60. The molecular weight excluding hydrogens is 362 g/mol. The smallest absolute Gasteiger partial charge is 0.168 e. The Morgan fingerprint density at radius 1 is 0.759 bits per heavy atom. The maximum Gasteiger partial charge on any atom is 0.168 e. The first kappa shape index (κ1) is 18.1. The van der Waals surface area contributed by atoms with Gasteiger partial charge in [0.2, 0.25) is 0 Å². The van der Waals surface area contributed by atoms with Crippen LogP contribution in [0.1, 0.15) is 61.8 Å². The van der Waals surface area contributed by atoms with E-state index in [9.17, 15) is 0 Å². The van der Waals surface area contributed by atoms with Gasteiger partial charge in [0.05, 0.1) is 24.8 Å². The molecule has 3 unspecified atom stereocenters. The standard InChI is InChI=1S/C25H29NO3/c1-4-10-19(11-5-1)22-21-16-24(17-27-25(28-18-24)14-8-3-9-15-25)26(22)29-23(21)20-12-6-2-7-13-20/h1-2,4-7,10-13,21-23H,3,8-9,14-18H2/t21?,22?,23-/m0/s1. The molecule has 4 heteroatoms. The number of hydrogen-bond donors (Lipinski definition) is 0. The van der Waals surface area contributed by atoms with Gasteiger partial charge in [0.25, 0.3) is 0 Å². The fourth-order valence-corrected chi connectivity index (χ4v) is 5.98. The van der Waals surface area contributed by atoms with Gasteiger partial charge in [-0.25, -0.2) is 0 Å². The van der Waals surface area contributed by atoms with Crippen molar-refractivity contribution < 1.29 is 14.3 Å². The number of hydroxylamine groups is 2. The van der Waals surface area contributed by atoms with Crippen LogP contribution < -0.4 is 0 Å². The summed E-state index contributed by atoms with van der Waals surface area (Å²) in [6.07, 6.45) is 6.91. The zero-order chi connectivity index (χ0) is 19.3. The van der Waals surface area contributed by atoms with Gasteiger partial charge >= 0.3 is 0 Å². The van der Waals surface area contributed by atoms with E-state index in [1.165, 1.54) is 30.4 Å². The molecular formula is C25H29NO3. The largest absolute Gasteiger partial charge is 0.348 e. The van der Waals surface area contributed by atoms with Crippen LogP contribution in [-0.2, 0) is 14.3 Å². The molecule has 1 aliphatic carbocycles. The van der Waals surface area contributed by atoms with Crippen molar-refractivity contribution in [2.75, 3.05) is 13.2 Å². The minimum atomic E-state index is -0.340. The molecule has 0 amide bonds. The van der Waals surface area contributed by atoms with Crippen molar-refractivity contribution in [3.05, 3.63) is 71.8 Å². The topological polar surface area (TPSA) is 30.9 Å². The molecule has 3 aliphatic heterocycles. The molecule has 2 spiro atoms. The Morgan fingerprint density at radius 2 is 1.38 bits per heavy atom. The van der Waals surface area contributed by atoms with Crippen molar-refractivity contribution in [1.29, 1.82) is 0 Å². The van der Waals surface area contributed by atoms with Gasteiger partial charge in [0.15, 0.2) is 5.79 Å². The molecule has 1 saturated carbocycles. The molecule has 2 bridgehead atoms. The second-order valence-corrected chi connectivity index (χ2v) is 9.26. The Kier molecular flexibility index (Phi) is 4.31. The highest BCUT2D eigenvalue weighted by Crippen LogP contribution is 2.60. The van der Waals surface area contributed by atoms with Crippen molar-refractivity contribution in [2.45, 2.75) is 62.0 Å². The summed E-state index contributed by atoms with van der Waals surface area (Å²) in [7, 11) is 0. The third-order valence-electron chi connectivity index (χ3n) is 7.45. The van der Waals surface area contributed by atoms with Gasteiger partial charge in [0, 0.05) is 18.8 Å². The van der Waals surface area contributed by atoms with Gasteiger partial charge in [-0.3, -0.25) is 4.84 Å². The molecule has 3 saturated heterocycles. The van der Waals surface area contributed by atoms with Gasteiger partial charge in [-0.15, -0.1) is 0 Å². The lowest BCUT2D eigenvalue weighted by Gasteiger charge is -2.50. The number of ether oxygens (including phenoxy) is 2. The second kappa shape index (κ2) is 6.92. The Bertz CT molecular complexity index is 839. The molecule has 0 aromatic heterocycles. The monoisotopic (exact) mass is 391 g/mol. The molecule has 4 nitrogen and oxygen atoms in total. The Hall–Kier alpha value is -1.72. The highest BCUT2D eigenvalue weighted by molar-refractivity contribution is 5.29. The third kappa shape index (κ3) is 2.89. The van der Waals surface area contributed by atoms with Crippen LogP contribution in [0.5, 0.6) is 0 Å². The molecule has 2 aromatic carbocycles. The SMILES string of the molecule is c1ccc(C2C3CC4(COC5(CCCCC5)OC4)N2O[C@H]3c2ccccc2)cc1. The van der Waals surface area contributed by atoms with E-state index in [0.717, 1.165) is 19.3 Å². The molecule has 4 fully saturated rings. The van der Waals surface area contributed by atoms with Gasteiger partial charge in [-0.1, -0.05) is 67.1 Å². The van der Waals surface area contributed by atoms with Crippen LogP contribution in [0.25, 0.3) is 0 Å². The number of rotatable bonds is 2. The minimum absolute atomic E-state index is 0.0950. The Balaban J connectivity index is 1.30. The minimum Gasteiger partial charge on any atom is -0.348 e. The number of benzene rings is 2. The maximum absolute atomic E-state index is 6.66. The molecule has 3 heterocycles. The molecule has 0 N–H and O–H groups in total. The number of hydrogen-bond acceptors (Lipinski definition) is 4. The molecule has 4 atom stereocenters. The predicted octanol–water partition coefficient (Wildman–Crippen LogP) is 5.18. The van der Waals surface area contributed by atoms with Crippen LogP contribution in [0, 0.1) is 5.92 Å². The van der Waals surface area contributed by atoms with Crippen LogP contribution in [-0.4, -0.2) is 29.6 Å². The maximum atomic E-state index is 6.66. The van der Waals surface area contributed by atoms with Crippen molar-refractivity contribution in [3.8, 4) is 0 Å². The van der Waals surface area contributed by atoms with Gasteiger partial charge in [-0.05, 0) is 30.4 Å². The lowest BCUT2D eigenvalue weighted by molar-refractivity contribution is -0.355. The molecule has 0 radical (unpaired) electrons. The highest BCUT2D eigenvalue weighted by atomic mass is 16.7. The molecule has 6 rings (SSSR count). The van der Waals surface area contributed by atoms with E-state index in [4.69, 9.17) is 14.3 Å². The van der Waals surface area contributed by atoms with E-state index >= 15 is 0 Å². The van der Waals surface area contributed by atoms with Crippen LogP contribution >= 0.6 is 0 Å². The Labute approximate surface area is 172 Å². The average molecular weight is 392 g/mol. The third-order valence-corrected chi connectivity index (χ3v) is 7.45. The van der Waals surface area contributed by atoms with Crippen LogP contribution in [0.4, 0.5) is 0 Å². The van der Waals surface area contributed by atoms with Gasteiger partial charge in [0.1, 0.15) is 6.10 Å². The summed E-state index contributed by atoms with van der Waals surface area (Å²) >= 11 is 0. The van der Waals surface area contributed by atoms with Crippen molar-refractivity contribution >= 4 is 0 Å². The van der Waals surface area contributed by atoms with Gasteiger partial charge in [-0.2, -0.15) is 5.06 Å². The highest BCUT2D eigenvalue weighted by Gasteiger charge is 2.64. The summed E-state index contributed by atoms with van der Waals surface area (Å²) in [4.78, 5) is 6.66. The summed E-state index contributed by atoms with van der Waals surface area (Å²) in [5.74, 6) is 0.0560. The zero-order valence-electron chi connectivity index (χ0n) is 16.8. The van der Waals surface area contributed by atoms with E-state index in [0.29, 0.717) is 19.1 Å². The molecule has 29 heavy (non-hydrogen) atoms. The van der Waals surface area contributed by atoms with Crippen LogP contribution in [0.15, 0.2) is 60.7 Å². The quantitative estimate of drug-likeness (QED) is 0.706. The molecule has 152 valence electrons. The van der Waals surface area contributed by atoms with Crippen LogP contribution in [0.2, 0.25) is 0 Å². The summed E-state index contributed by atoms with van der Waals surface area (Å²) in [6.45, 7) is 1.41. The van der Waals surface area contributed by atoms with E-state index in [1.54, 1.807) is 0 Å². The summed E-state index contributed by atoms with van der Waals surface area (Å²) in [5.41, 5.74) is 2.40. The zero-order valence-corrected chi connectivity index (χ0v) is 16.8. The molecule has 2 aromatic rings. The summed E-state index contributed by atoms with van der Waals surface area (Å²) in [6, 6.07) is 21.7.